The van der Waals surface area contributed by atoms with Gasteiger partial charge < -0.3 is 15.5 Å². The molecule has 2 saturated heterocycles. The van der Waals surface area contributed by atoms with Gasteiger partial charge in [0.1, 0.15) is 5.82 Å². The summed E-state index contributed by atoms with van der Waals surface area (Å²) in [6, 6.07) is 3.68. The van der Waals surface area contributed by atoms with Gasteiger partial charge in [0, 0.05) is 19.3 Å². The van der Waals surface area contributed by atoms with Crippen molar-refractivity contribution >= 4 is 52.1 Å². The summed E-state index contributed by atoms with van der Waals surface area (Å²) >= 11 is 0. The second-order valence-electron chi connectivity index (χ2n) is 6.92. The highest BCUT2D eigenvalue weighted by Crippen LogP contribution is 2.29. The van der Waals surface area contributed by atoms with E-state index in [4.69, 9.17) is 0 Å². The number of rotatable bonds is 4. The maximum absolute atomic E-state index is 12.8. The van der Waals surface area contributed by atoms with Crippen molar-refractivity contribution in [2.45, 2.75) is 36.9 Å². The first-order valence-electron chi connectivity index (χ1n) is 8.85. The van der Waals surface area contributed by atoms with Gasteiger partial charge in [0.25, 0.3) is 0 Å². The molecule has 3 rings (SSSR count). The summed E-state index contributed by atoms with van der Waals surface area (Å²) in [6.07, 6.45) is 7.08. The molecule has 2 fully saturated rings. The highest BCUT2D eigenvalue weighted by Gasteiger charge is 2.48. The number of aromatic nitrogens is 1. The summed E-state index contributed by atoms with van der Waals surface area (Å²) in [4.78, 5) is 19.4. The van der Waals surface area contributed by atoms with E-state index in [1.807, 2.05) is 6.07 Å². The Morgan fingerprint density at radius 3 is 2.30 bits per heavy atom. The zero-order valence-corrected chi connectivity index (χ0v) is 17.9. The quantitative estimate of drug-likeness (QED) is 0.746. The van der Waals surface area contributed by atoms with Crippen LogP contribution in [0.5, 0.6) is 0 Å². The monoisotopic (exact) mass is 438 g/mol. The van der Waals surface area contributed by atoms with Gasteiger partial charge in [0.15, 0.2) is 14.6 Å². The number of sulfone groups is 1. The number of halogens is 2. The second-order valence-corrected chi connectivity index (χ2v) is 9.25. The van der Waals surface area contributed by atoms with Crippen LogP contribution < -0.4 is 15.5 Å². The van der Waals surface area contributed by atoms with Crippen LogP contribution in [0.25, 0.3) is 0 Å². The average molecular weight is 439 g/mol. The first-order valence-corrected chi connectivity index (χ1v) is 10.7. The predicted octanol–water partition coefficient (Wildman–Crippen LogP) is 2.02. The third-order valence-electron chi connectivity index (χ3n) is 5.25. The topological polar surface area (TPSA) is 91.4 Å². The van der Waals surface area contributed by atoms with Crippen LogP contribution in [-0.2, 0) is 14.6 Å². The molecule has 27 heavy (non-hydrogen) atoms. The average Bonchev–Trinajstić information content (AvgIpc) is 2.63. The van der Waals surface area contributed by atoms with E-state index in [1.165, 1.54) is 19.3 Å². The van der Waals surface area contributed by atoms with E-state index in [2.05, 4.69) is 20.5 Å². The molecule has 7 nitrogen and oxygen atoms in total. The minimum absolute atomic E-state index is 0. The molecule has 0 spiro atoms. The molecule has 0 aromatic carbocycles. The Morgan fingerprint density at radius 1 is 1.15 bits per heavy atom. The van der Waals surface area contributed by atoms with E-state index in [0.29, 0.717) is 18.9 Å². The third-order valence-corrected chi connectivity index (χ3v) is 7.26. The van der Waals surface area contributed by atoms with Crippen LogP contribution in [0.15, 0.2) is 18.3 Å². The highest BCUT2D eigenvalue weighted by molar-refractivity contribution is 7.92. The fourth-order valence-corrected chi connectivity index (χ4v) is 4.96. The van der Waals surface area contributed by atoms with Gasteiger partial charge in [-0.05, 0) is 57.3 Å². The maximum atomic E-state index is 12.8. The zero-order chi connectivity index (χ0) is 17.9. The molecule has 0 unspecified atom stereocenters. The molecule has 0 aliphatic carbocycles. The normalized spacial score (nSPS) is 19.4. The van der Waals surface area contributed by atoms with E-state index in [9.17, 15) is 13.2 Å². The fourth-order valence-electron chi connectivity index (χ4n) is 3.63. The summed E-state index contributed by atoms with van der Waals surface area (Å²) in [5, 5.41) is 5.82. The van der Waals surface area contributed by atoms with Gasteiger partial charge in [-0.25, -0.2) is 13.4 Å². The lowest BCUT2D eigenvalue weighted by Crippen LogP contribution is -2.55. The number of piperidine rings is 2. The Balaban J connectivity index is 0.00000182. The van der Waals surface area contributed by atoms with Crippen molar-refractivity contribution in [3.8, 4) is 0 Å². The molecule has 154 valence electrons. The summed E-state index contributed by atoms with van der Waals surface area (Å²) in [5.74, 6) is -0.0814. The third kappa shape index (κ3) is 5.25. The fraction of sp³-hybridized carbons (Fsp3) is 0.647. The number of nitrogens with one attached hydrogen (secondary N) is 2. The van der Waals surface area contributed by atoms with Crippen LogP contribution in [0.1, 0.15) is 32.1 Å². The van der Waals surface area contributed by atoms with Crippen LogP contribution in [0, 0.1) is 0 Å². The number of anilines is 2. The van der Waals surface area contributed by atoms with Gasteiger partial charge in [0.2, 0.25) is 5.91 Å². The molecule has 1 aromatic heterocycles. The second kappa shape index (κ2) is 9.91. The van der Waals surface area contributed by atoms with Gasteiger partial charge in [-0.3, -0.25) is 4.79 Å². The van der Waals surface area contributed by atoms with E-state index in [0.717, 1.165) is 25.0 Å². The molecule has 2 aliphatic heterocycles. The highest BCUT2D eigenvalue weighted by atomic mass is 35.5. The van der Waals surface area contributed by atoms with Crippen molar-refractivity contribution in [3.63, 3.8) is 0 Å². The van der Waals surface area contributed by atoms with Crippen molar-refractivity contribution in [3.05, 3.63) is 18.3 Å². The summed E-state index contributed by atoms with van der Waals surface area (Å²) in [5.41, 5.74) is 1.04. The molecule has 0 radical (unpaired) electrons. The summed E-state index contributed by atoms with van der Waals surface area (Å²) in [7, 11) is -3.52. The molecular formula is C17H28Cl2N4O3S. The number of carbonyl (C=O) groups excluding carboxylic acids is 1. The Hall–Kier alpha value is -1.09. The van der Waals surface area contributed by atoms with Crippen molar-refractivity contribution in [1.29, 1.82) is 0 Å². The largest absolute Gasteiger partial charge is 0.370 e. The van der Waals surface area contributed by atoms with Crippen molar-refractivity contribution in [1.82, 2.24) is 10.3 Å². The van der Waals surface area contributed by atoms with Crippen LogP contribution in [0.2, 0.25) is 0 Å². The van der Waals surface area contributed by atoms with E-state index in [-0.39, 0.29) is 37.7 Å². The summed E-state index contributed by atoms with van der Waals surface area (Å²) in [6.45, 7) is 3.08. The van der Waals surface area contributed by atoms with Crippen LogP contribution in [0.4, 0.5) is 11.5 Å². The Morgan fingerprint density at radius 2 is 1.78 bits per heavy atom. The number of carbonyl (C=O) groups is 1. The molecule has 0 atom stereocenters. The van der Waals surface area contributed by atoms with Crippen molar-refractivity contribution in [2.24, 2.45) is 0 Å². The van der Waals surface area contributed by atoms with Gasteiger partial charge in [-0.15, -0.1) is 24.8 Å². The van der Waals surface area contributed by atoms with Gasteiger partial charge in [-0.1, -0.05) is 0 Å². The lowest BCUT2D eigenvalue weighted by Gasteiger charge is -2.34. The lowest BCUT2D eigenvalue weighted by molar-refractivity contribution is -0.119. The lowest BCUT2D eigenvalue weighted by atomic mass is 9.96. The maximum Gasteiger partial charge on any atom is 0.247 e. The molecular weight excluding hydrogens is 411 g/mol. The first kappa shape index (κ1) is 23.9. The van der Waals surface area contributed by atoms with E-state index in [1.54, 1.807) is 12.3 Å². The minimum Gasteiger partial charge on any atom is -0.370 e. The van der Waals surface area contributed by atoms with Crippen molar-refractivity contribution < 1.29 is 13.2 Å². The van der Waals surface area contributed by atoms with Crippen LogP contribution in [0.3, 0.4) is 0 Å². The van der Waals surface area contributed by atoms with Crippen LogP contribution >= 0.6 is 24.8 Å². The number of hydrogen-bond donors (Lipinski definition) is 2. The van der Waals surface area contributed by atoms with Gasteiger partial charge >= 0.3 is 0 Å². The van der Waals surface area contributed by atoms with E-state index >= 15 is 0 Å². The number of amides is 1. The SMILES string of the molecule is CS(=O)(=O)C1(C(=O)Nc2ccc(N3CCCCC3)cn2)CCNCC1.Cl.Cl. The number of pyridine rings is 1. The first-order chi connectivity index (χ1) is 11.9. The molecule has 2 N–H and O–H groups in total. The molecule has 1 aromatic rings. The molecule has 3 heterocycles. The van der Waals surface area contributed by atoms with Crippen LogP contribution in [-0.4, -0.2) is 56.5 Å². The van der Waals surface area contributed by atoms with Gasteiger partial charge in [-0.2, -0.15) is 0 Å². The van der Waals surface area contributed by atoms with Gasteiger partial charge in [0.05, 0.1) is 11.9 Å². The zero-order valence-electron chi connectivity index (χ0n) is 15.4. The Labute approximate surface area is 173 Å². The molecule has 1 amide bonds. The molecule has 0 bridgehead atoms. The number of nitrogens with zero attached hydrogens (tertiary/aromatic N) is 2. The summed E-state index contributed by atoms with van der Waals surface area (Å²) < 4.78 is 23.2. The molecule has 0 saturated carbocycles. The Bertz CT molecular complexity index is 716. The van der Waals surface area contributed by atoms with E-state index < -0.39 is 20.5 Å². The Kier molecular flexibility index (Phi) is 8.79. The molecule has 2 aliphatic rings. The standard InChI is InChI=1S/C17H26N4O3S.2ClH/c1-25(23,24)17(7-9-18-10-8-17)16(22)20-15-6-5-14(13-19-15)21-11-3-2-4-12-21;;/h5-6,13,18H,2-4,7-12H2,1H3,(H,19,20,22);2*1H. The van der Waals surface area contributed by atoms with Crippen molar-refractivity contribution in [2.75, 3.05) is 42.7 Å². The smallest absolute Gasteiger partial charge is 0.247 e. The molecule has 10 heteroatoms. The minimum atomic E-state index is -3.52. The number of hydrogen-bond acceptors (Lipinski definition) is 6. The predicted molar refractivity (Wildman–Crippen MR) is 113 cm³/mol.